The number of ether oxygens (including phenoxy) is 2. The molecule has 20 heavy (non-hydrogen) atoms. The fourth-order valence-electron chi connectivity index (χ4n) is 1.57. The number of para-hydroxylation sites is 1. The second kappa shape index (κ2) is 7.46. The zero-order valence-corrected chi connectivity index (χ0v) is 12.0. The normalized spacial score (nSPS) is 11.4. The van der Waals surface area contributed by atoms with Gasteiger partial charge in [0.25, 0.3) is 0 Å². The first-order valence-electron chi connectivity index (χ1n) is 6.28. The third kappa shape index (κ3) is 4.52. The highest BCUT2D eigenvalue weighted by Gasteiger charge is 2.03. The lowest BCUT2D eigenvalue weighted by atomic mass is 10.3. The molecule has 0 bridgehead atoms. The van der Waals surface area contributed by atoms with Crippen LogP contribution in [0.15, 0.2) is 54.6 Å². The predicted molar refractivity (Wildman–Crippen MR) is 81.1 cm³/mol. The van der Waals surface area contributed by atoms with E-state index >= 15 is 0 Å². The summed E-state index contributed by atoms with van der Waals surface area (Å²) in [5.74, 6) is 2.35. The molecule has 2 rings (SSSR count). The Morgan fingerprint density at radius 3 is 2.25 bits per heavy atom. The van der Waals surface area contributed by atoms with Crippen LogP contribution < -0.4 is 9.47 Å². The van der Waals surface area contributed by atoms with E-state index in [-0.39, 0.29) is 5.25 Å². The maximum atomic E-state index is 8.55. The molecule has 0 fully saturated rings. The van der Waals surface area contributed by atoms with Crippen LogP contribution in [-0.2, 0) is 0 Å². The minimum atomic E-state index is 0.153. The highest BCUT2D eigenvalue weighted by atomic mass is 32.2. The first kappa shape index (κ1) is 14.3. The summed E-state index contributed by atoms with van der Waals surface area (Å²) in [7, 11) is 0. The number of rotatable bonds is 6. The van der Waals surface area contributed by atoms with E-state index in [1.165, 1.54) is 11.8 Å². The van der Waals surface area contributed by atoms with Crippen molar-refractivity contribution in [1.29, 1.82) is 5.26 Å². The van der Waals surface area contributed by atoms with E-state index in [2.05, 4.69) is 5.40 Å². The highest BCUT2D eigenvalue weighted by Crippen LogP contribution is 2.23. The molecule has 3 nitrogen and oxygen atoms in total. The van der Waals surface area contributed by atoms with Gasteiger partial charge in [0.1, 0.15) is 29.3 Å². The van der Waals surface area contributed by atoms with Crippen molar-refractivity contribution in [2.75, 3.05) is 6.61 Å². The summed E-state index contributed by atoms with van der Waals surface area (Å²) in [5.41, 5.74) is 0. The summed E-state index contributed by atoms with van der Waals surface area (Å²) in [6.07, 6.45) is 0. The SMILES string of the molecule is C[C@H](COc1ccc(Oc2ccccc2)cc1)SC#N. The average molecular weight is 285 g/mol. The van der Waals surface area contributed by atoms with Crippen molar-refractivity contribution in [3.63, 3.8) is 0 Å². The van der Waals surface area contributed by atoms with E-state index in [4.69, 9.17) is 14.7 Å². The van der Waals surface area contributed by atoms with E-state index in [0.29, 0.717) is 6.61 Å². The number of nitriles is 1. The van der Waals surface area contributed by atoms with Crippen molar-refractivity contribution in [1.82, 2.24) is 0 Å². The predicted octanol–water partition coefficient (Wildman–Crippen LogP) is 4.46. The van der Waals surface area contributed by atoms with Gasteiger partial charge in [-0.25, -0.2) is 0 Å². The largest absolute Gasteiger partial charge is 0.492 e. The third-order valence-electron chi connectivity index (χ3n) is 2.54. The second-order valence-corrected chi connectivity index (χ2v) is 5.44. The van der Waals surface area contributed by atoms with Crippen LogP contribution in [0, 0.1) is 10.7 Å². The minimum absolute atomic E-state index is 0.153. The molecule has 0 saturated carbocycles. The molecule has 0 radical (unpaired) electrons. The van der Waals surface area contributed by atoms with Gasteiger partial charge in [-0.3, -0.25) is 0 Å². The zero-order chi connectivity index (χ0) is 14.2. The molecule has 0 amide bonds. The first-order chi connectivity index (χ1) is 9.78. The molecular formula is C16H15NO2S. The van der Waals surface area contributed by atoms with Crippen LogP contribution >= 0.6 is 11.8 Å². The van der Waals surface area contributed by atoms with Crippen LogP contribution in [0.25, 0.3) is 0 Å². The summed E-state index contributed by atoms with van der Waals surface area (Å²) in [6, 6.07) is 17.1. The molecule has 0 saturated heterocycles. The van der Waals surface area contributed by atoms with Gasteiger partial charge in [0.2, 0.25) is 0 Å². The lowest BCUT2D eigenvalue weighted by molar-refractivity contribution is 0.322. The fraction of sp³-hybridized carbons (Fsp3) is 0.188. The monoisotopic (exact) mass is 285 g/mol. The molecule has 0 aromatic heterocycles. The molecule has 0 aliphatic rings. The molecule has 0 unspecified atom stereocenters. The smallest absolute Gasteiger partial charge is 0.133 e. The van der Waals surface area contributed by atoms with Crippen LogP contribution in [0.4, 0.5) is 0 Å². The van der Waals surface area contributed by atoms with Gasteiger partial charge in [-0.2, -0.15) is 5.26 Å². The molecular weight excluding hydrogens is 270 g/mol. The lowest BCUT2D eigenvalue weighted by Crippen LogP contribution is -2.09. The third-order valence-corrected chi connectivity index (χ3v) is 3.19. The van der Waals surface area contributed by atoms with Crippen molar-refractivity contribution in [3.05, 3.63) is 54.6 Å². The summed E-state index contributed by atoms with van der Waals surface area (Å²) < 4.78 is 11.3. The quantitative estimate of drug-likeness (QED) is 0.735. The molecule has 2 aromatic carbocycles. The van der Waals surface area contributed by atoms with Gasteiger partial charge >= 0.3 is 0 Å². The molecule has 0 aliphatic carbocycles. The van der Waals surface area contributed by atoms with E-state index in [0.717, 1.165) is 17.2 Å². The minimum Gasteiger partial charge on any atom is -0.492 e. The summed E-state index contributed by atoms with van der Waals surface area (Å²) >= 11 is 1.21. The van der Waals surface area contributed by atoms with Gasteiger partial charge < -0.3 is 9.47 Å². The number of hydrogen-bond donors (Lipinski definition) is 0. The maximum absolute atomic E-state index is 8.55. The number of thiocyanates is 1. The van der Waals surface area contributed by atoms with Gasteiger partial charge in [0, 0.05) is 0 Å². The summed E-state index contributed by atoms with van der Waals surface area (Å²) in [4.78, 5) is 0. The molecule has 0 spiro atoms. The molecule has 1 atom stereocenters. The van der Waals surface area contributed by atoms with E-state index < -0.39 is 0 Å². The van der Waals surface area contributed by atoms with Crippen molar-refractivity contribution in [2.24, 2.45) is 0 Å². The molecule has 0 heterocycles. The first-order valence-corrected chi connectivity index (χ1v) is 7.16. The lowest BCUT2D eigenvalue weighted by Gasteiger charge is -2.10. The molecule has 2 aromatic rings. The molecule has 102 valence electrons. The Morgan fingerprint density at radius 2 is 1.60 bits per heavy atom. The number of benzene rings is 2. The summed E-state index contributed by atoms with van der Waals surface area (Å²) in [6.45, 7) is 2.47. The number of thioether (sulfide) groups is 1. The van der Waals surface area contributed by atoms with Gasteiger partial charge in [0.15, 0.2) is 0 Å². The van der Waals surface area contributed by atoms with Gasteiger partial charge in [0.05, 0.1) is 5.25 Å². The van der Waals surface area contributed by atoms with Crippen molar-refractivity contribution >= 4 is 11.8 Å². The average Bonchev–Trinajstić information content (AvgIpc) is 2.48. The number of hydrogen-bond acceptors (Lipinski definition) is 4. The van der Waals surface area contributed by atoms with Crippen molar-refractivity contribution in [2.45, 2.75) is 12.2 Å². The van der Waals surface area contributed by atoms with Gasteiger partial charge in [-0.05, 0) is 55.1 Å². The Hall–Kier alpha value is -2.12. The molecule has 0 aliphatic heterocycles. The number of nitrogens with zero attached hydrogens (tertiary/aromatic N) is 1. The van der Waals surface area contributed by atoms with Crippen LogP contribution in [0.2, 0.25) is 0 Å². The van der Waals surface area contributed by atoms with E-state index in [1.54, 1.807) is 0 Å². The van der Waals surface area contributed by atoms with Gasteiger partial charge in [-0.15, -0.1) is 0 Å². The fourth-order valence-corrected chi connectivity index (χ4v) is 1.88. The topological polar surface area (TPSA) is 42.2 Å². The molecule has 0 N–H and O–H groups in total. The van der Waals surface area contributed by atoms with Crippen LogP contribution in [0.5, 0.6) is 17.2 Å². The standard InChI is InChI=1S/C16H15NO2S/c1-13(20-12-17)11-18-14-7-9-16(10-8-14)19-15-5-3-2-4-6-15/h2-10,13H,11H2,1H3/t13-/m1/s1. The second-order valence-electron chi connectivity index (χ2n) is 4.22. The Morgan fingerprint density at radius 1 is 1.00 bits per heavy atom. The zero-order valence-electron chi connectivity index (χ0n) is 11.2. The Kier molecular flexibility index (Phi) is 5.33. The highest BCUT2D eigenvalue weighted by molar-refractivity contribution is 8.04. The van der Waals surface area contributed by atoms with Gasteiger partial charge in [-0.1, -0.05) is 18.2 Å². The van der Waals surface area contributed by atoms with E-state index in [1.807, 2.05) is 61.5 Å². The maximum Gasteiger partial charge on any atom is 0.133 e. The Balaban J connectivity index is 1.88. The van der Waals surface area contributed by atoms with Crippen LogP contribution in [-0.4, -0.2) is 11.9 Å². The van der Waals surface area contributed by atoms with E-state index in [9.17, 15) is 0 Å². The Bertz CT molecular complexity index is 563. The van der Waals surface area contributed by atoms with Crippen LogP contribution in [0.3, 0.4) is 0 Å². The Labute approximate surface area is 123 Å². The summed E-state index contributed by atoms with van der Waals surface area (Å²) in [5, 5.41) is 10.8. The van der Waals surface area contributed by atoms with Crippen molar-refractivity contribution < 1.29 is 9.47 Å². The van der Waals surface area contributed by atoms with Crippen LogP contribution in [0.1, 0.15) is 6.92 Å². The molecule has 4 heteroatoms. The van der Waals surface area contributed by atoms with Crippen molar-refractivity contribution in [3.8, 4) is 22.6 Å².